The minimum atomic E-state index is -0.147. The standard InChI is InChI=1S/C18H19NO2/c1-12(14-8-5-6-10-17(14)20)19(2)18(21)16-11-13-7-3-4-9-15(13)16/h3-10,12,16,20H,11H2,1-2H3. The average molecular weight is 281 g/mol. The Balaban J connectivity index is 1.79. The summed E-state index contributed by atoms with van der Waals surface area (Å²) in [5.41, 5.74) is 3.18. The van der Waals surface area contributed by atoms with Crippen LogP contribution in [0.4, 0.5) is 0 Å². The Morgan fingerprint density at radius 1 is 1.19 bits per heavy atom. The molecule has 3 nitrogen and oxygen atoms in total. The molecule has 2 unspecified atom stereocenters. The number of benzene rings is 2. The first-order valence-corrected chi connectivity index (χ1v) is 7.22. The van der Waals surface area contributed by atoms with Gasteiger partial charge in [-0.05, 0) is 30.5 Å². The Bertz CT molecular complexity index is 680. The molecule has 3 rings (SSSR count). The third-order valence-electron chi connectivity index (χ3n) is 4.47. The lowest BCUT2D eigenvalue weighted by atomic mass is 9.76. The Morgan fingerprint density at radius 3 is 2.57 bits per heavy atom. The van der Waals surface area contributed by atoms with Crippen molar-refractivity contribution in [3.63, 3.8) is 0 Å². The fourth-order valence-corrected chi connectivity index (χ4v) is 2.97. The van der Waals surface area contributed by atoms with Crippen molar-refractivity contribution >= 4 is 5.91 Å². The Hall–Kier alpha value is -2.29. The molecule has 21 heavy (non-hydrogen) atoms. The van der Waals surface area contributed by atoms with Gasteiger partial charge in [0.15, 0.2) is 0 Å². The van der Waals surface area contributed by atoms with Gasteiger partial charge in [-0.1, -0.05) is 42.5 Å². The third-order valence-corrected chi connectivity index (χ3v) is 4.47. The van der Waals surface area contributed by atoms with E-state index in [4.69, 9.17) is 0 Å². The lowest BCUT2D eigenvalue weighted by molar-refractivity contribution is -0.134. The Morgan fingerprint density at radius 2 is 1.86 bits per heavy atom. The quantitative estimate of drug-likeness (QED) is 0.938. The van der Waals surface area contributed by atoms with E-state index in [-0.39, 0.29) is 23.6 Å². The first kappa shape index (κ1) is 13.7. The summed E-state index contributed by atoms with van der Waals surface area (Å²) < 4.78 is 0. The summed E-state index contributed by atoms with van der Waals surface area (Å²) in [4.78, 5) is 14.4. The highest BCUT2D eigenvalue weighted by Crippen LogP contribution is 2.38. The second kappa shape index (κ2) is 5.24. The van der Waals surface area contributed by atoms with Crippen LogP contribution in [0.3, 0.4) is 0 Å². The van der Waals surface area contributed by atoms with E-state index in [1.807, 2.05) is 37.3 Å². The molecular formula is C18H19NO2. The molecule has 0 heterocycles. The Kier molecular flexibility index (Phi) is 3.42. The lowest BCUT2D eigenvalue weighted by Gasteiger charge is -2.35. The maximum Gasteiger partial charge on any atom is 0.230 e. The van der Waals surface area contributed by atoms with Crippen LogP contribution in [0.2, 0.25) is 0 Å². The van der Waals surface area contributed by atoms with Crippen LogP contribution in [0, 0.1) is 0 Å². The van der Waals surface area contributed by atoms with Gasteiger partial charge in [0.05, 0.1) is 12.0 Å². The molecule has 1 aliphatic carbocycles. The summed E-state index contributed by atoms with van der Waals surface area (Å²) in [6, 6.07) is 15.1. The topological polar surface area (TPSA) is 40.5 Å². The molecule has 0 radical (unpaired) electrons. The van der Waals surface area contributed by atoms with Gasteiger partial charge in [0, 0.05) is 12.6 Å². The van der Waals surface area contributed by atoms with Gasteiger partial charge in [-0.15, -0.1) is 0 Å². The number of rotatable bonds is 3. The normalized spacial score (nSPS) is 17.5. The summed E-state index contributed by atoms with van der Waals surface area (Å²) >= 11 is 0. The van der Waals surface area contributed by atoms with Gasteiger partial charge in [0.25, 0.3) is 0 Å². The average Bonchev–Trinajstić information content (AvgIpc) is 2.47. The first-order chi connectivity index (χ1) is 10.1. The van der Waals surface area contributed by atoms with Crippen LogP contribution in [-0.2, 0) is 11.2 Å². The van der Waals surface area contributed by atoms with Gasteiger partial charge in [0.1, 0.15) is 5.75 Å². The van der Waals surface area contributed by atoms with E-state index in [2.05, 4.69) is 6.07 Å². The molecule has 1 aliphatic rings. The second-order valence-corrected chi connectivity index (χ2v) is 5.64. The molecule has 0 saturated carbocycles. The molecule has 2 aromatic rings. The van der Waals surface area contributed by atoms with Crippen LogP contribution in [-0.4, -0.2) is 23.0 Å². The summed E-state index contributed by atoms with van der Waals surface area (Å²) in [5, 5.41) is 9.94. The van der Waals surface area contributed by atoms with Crippen molar-refractivity contribution in [2.75, 3.05) is 7.05 Å². The maximum absolute atomic E-state index is 12.7. The van der Waals surface area contributed by atoms with Gasteiger partial charge < -0.3 is 10.0 Å². The number of aromatic hydroxyl groups is 1. The van der Waals surface area contributed by atoms with Crippen molar-refractivity contribution in [3.05, 3.63) is 65.2 Å². The van der Waals surface area contributed by atoms with E-state index in [0.717, 1.165) is 17.5 Å². The van der Waals surface area contributed by atoms with Crippen molar-refractivity contribution in [1.82, 2.24) is 4.90 Å². The minimum absolute atomic E-state index is 0.0421. The number of amides is 1. The van der Waals surface area contributed by atoms with Gasteiger partial charge in [0.2, 0.25) is 5.91 Å². The molecule has 0 aliphatic heterocycles. The van der Waals surface area contributed by atoms with E-state index in [1.54, 1.807) is 24.1 Å². The summed E-state index contributed by atoms with van der Waals surface area (Å²) in [7, 11) is 1.81. The zero-order valence-electron chi connectivity index (χ0n) is 12.3. The SMILES string of the molecule is CC(c1ccccc1O)N(C)C(=O)C1Cc2ccccc21. The van der Waals surface area contributed by atoms with Crippen LogP contribution in [0.25, 0.3) is 0 Å². The number of likely N-dealkylation sites (N-methyl/N-ethyl adjacent to an activating group) is 1. The van der Waals surface area contributed by atoms with Crippen molar-refractivity contribution in [3.8, 4) is 5.75 Å². The van der Waals surface area contributed by atoms with Crippen LogP contribution in [0.5, 0.6) is 5.75 Å². The molecule has 108 valence electrons. The summed E-state index contributed by atoms with van der Waals surface area (Å²) in [5.74, 6) is 0.308. The number of para-hydroxylation sites is 1. The van der Waals surface area contributed by atoms with Gasteiger partial charge in [-0.3, -0.25) is 4.79 Å². The number of phenols is 1. The van der Waals surface area contributed by atoms with E-state index < -0.39 is 0 Å². The number of hydrogen-bond acceptors (Lipinski definition) is 2. The predicted molar refractivity (Wildman–Crippen MR) is 82.2 cm³/mol. The smallest absolute Gasteiger partial charge is 0.230 e. The van der Waals surface area contributed by atoms with Crippen LogP contribution in [0.15, 0.2) is 48.5 Å². The van der Waals surface area contributed by atoms with Gasteiger partial charge in [-0.25, -0.2) is 0 Å². The molecule has 1 N–H and O–H groups in total. The molecule has 1 amide bonds. The van der Waals surface area contributed by atoms with Gasteiger partial charge >= 0.3 is 0 Å². The number of carbonyl (C=O) groups is 1. The van der Waals surface area contributed by atoms with E-state index in [0.29, 0.717) is 0 Å². The largest absolute Gasteiger partial charge is 0.508 e. The van der Waals surface area contributed by atoms with E-state index >= 15 is 0 Å². The highest BCUT2D eigenvalue weighted by atomic mass is 16.3. The second-order valence-electron chi connectivity index (χ2n) is 5.64. The molecular weight excluding hydrogens is 262 g/mol. The zero-order valence-corrected chi connectivity index (χ0v) is 12.3. The first-order valence-electron chi connectivity index (χ1n) is 7.22. The molecule has 0 saturated heterocycles. The molecule has 0 fully saturated rings. The predicted octanol–water partition coefficient (Wildman–Crippen LogP) is 3.25. The number of nitrogens with zero attached hydrogens (tertiary/aromatic N) is 1. The van der Waals surface area contributed by atoms with Crippen molar-refractivity contribution in [2.24, 2.45) is 0 Å². The molecule has 0 spiro atoms. The minimum Gasteiger partial charge on any atom is -0.508 e. The fraction of sp³-hybridized carbons (Fsp3) is 0.278. The molecule has 2 atom stereocenters. The highest BCUT2D eigenvalue weighted by Gasteiger charge is 2.35. The number of hydrogen-bond donors (Lipinski definition) is 1. The summed E-state index contributed by atoms with van der Waals surface area (Å²) in [6.45, 7) is 1.94. The van der Waals surface area contributed by atoms with Crippen molar-refractivity contribution in [1.29, 1.82) is 0 Å². The molecule has 2 aromatic carbocycles. The van der Waals surface area contributed by atoms with E-state index in [9.17, 15) is 9.90 Å². The molecule has 3 heteroatoms. The third kappa shape index (κ3) is 2.29. The van der Waals surface area contributed by atoms with E-state index in [1.165, 1.54) is 5.56 Å². The molecule has 0 aromatic heterocycles. The number of carbonyl (C=O) groups excluding carboxylic acids is 1. The maximum atomic E-state index is 12.7. The lowest BCUT2D eigenvalue weighted by Crippen LogP contribution is -2.38. The highest BCUT2D eigenvalue weighted by molar-refractivity contribution is 5.87. The van der Waals surface area contributed by atoms with Crippen molar-refractivity contribution < 1.29 is 9.90 Å². The molecule has 0 bridgehead atoms. The Labute approximate surface area is 124 Å². The summed E-state index contributed by atoms with van der Waals surface area (Å²) in [6.07, 6.45) is 0.812. The van der Waals surface area contributed by atoms with Crippen LogP contribution >= 0.6 is 0 Å². The van der Waals surface area contributed by atoms with Crippen LogP contribution in [0.1, 0.15) is 35.6 Å². The van der Waals surface area contributed by atoms with Gasteiger partial charge in [-0.2, -0.15) is 0 Å². The van der Waals surface area contributed by atoms with Crippen molar-refractivity contribution in [2.45, 2.75) is 25.3 Å². The zero-order chi connectivity index (χ0) is 15.0. The fourth-order valence-electron chi connectivity index (χ4n) is 2.97. The van der Waals surface area contributed by atoms with Crippen LogP contribution < -0.4 is 0 Å². The number of fused-ring (bicyclic) bond motifs is 1. The number of phenolic OH excluding ortho intramolecular Hbond substituents is 1. The monoisotopic (exact) mass is 281 g/mol.